The van der Waals surface area contributed by atoms with Crippen LogP contribution in [0.15, 0.2) is 24.3 Å². The predicted molar refractivity (Wildman–Crippen MR) is 58.8 cm³/mol. The minimum absolute atomic E-state index is 0.170. The van der Waals surface area contributed by atoms with E-state index >= 15 is 0 Å². The van der Waals surface area contributed by atoms with E-state index in [1.165, 1.54) is 0 Å². The zero-order valence-electron chi connectivity index (χ0n) is 8.81. The Labute approximate surface area is 89.3 Å². The summed E-state index contributed by atoms with van der Waals surface area (Å²) in [5.41, 5.74) is 2.10. The predicted octanol–water partition coefficient (Wildman–Crippen LogP) is 1.35. The molecule has 1 N–H and O–H groups in total. The van der Waals surface area contributed by atoms with Gasteiger partial charge in [0.25, 0.3) is 5.91 Å². The minimum atomic E-state index is -0.810. The molecule has 1 unspecified atom stereocenters. The number of hydrogen-bond acceptors (Lipinski definition) is 2. The van der Waals surface area contributed by atoms with E-state index in [2.05, 4.69) is 6.92 Å². The van der Waals surface area contributed by atoms with Crippen molar-refractivity contribution in [2.75, 3.05) is 11.4 Å². The van der Waals surface area contributed by atoms with Gasteiger partial charge >= 0.3 is 0 Å². The lowest BCUT2D eigenvalue weighted by molar-refractivity contribution is -0.124. The first kappa shape index (κ1) is 10.2. The topological polar surface area (TPSA) is 40.5 Å². The van der Waals surface area contributed by atoms with Gasteiger partial charge in [-0.1, -0.05) is 25.1 Å². The van der Waals surface area contributed by atoms with Crippen LogP contribution in [0.25, 0.3) is 0 Å². The van der Waals surface area contributed by atoms with Crippen LogP contribution in [0.5, 0.6) is 0 Å². The highest BCUT2D eigenvalue weighted by Gasteiger charge is 2.31. The molecule has 0 radical (unpaired) electrons. The number of hydrogen-bond donors (Lipinski definition) is 1. The second-order valence-electron chi connectivity index (χ2n) is 3.78. The van der Waals surface area contributed by atoms with Crippen molar-refractivity contribution in [2.45, 2.75) is 25.9 Å². The first-order valence-electron chi connectivity index (χ1n) is 5.31. The summed E-state index contributed by atoms with van der Waals surface area (Å²) in [4.78, 5) is 13.3. The summed E-state index contributed by atoms with van der Waals surface area (Å²) in [5.74, 6) is -0.170. The Morgan fingerprint density at radius 2 is 2.20 bits per heavy atom. The highest BCUT2D eigenvalue weighted by molar-refractivity contribution is 5.99. The zero-order chi connectivity index (χ0) is 10.8. The largest absolute Gasteiger partial charge is 0.383 e. The second-order valence-corrected chi connectivity index (χ2v) is 3.78. The Kier molecular flexibility index (Phi) is 2.73. The molecule has 1 atom stereocenters. The molecular formula is C12H15NO2. The zero-order valence-corrected chi connectivity index (χ0v) is 8.81. The molecule has 3 nitrogen and oxygen atoms in total. The van der Waals surface area contributed by atoms with Gasteiger partial charge in [0, 0.05) is 18.7 Å². The molecule has 15 heavy (non-hydrogen) atoms. The van der Waals surface area contributed by atoms with E-state index in [0.717, 1.165) is 17.7 Å². The van der Waals surface area contributed by atoms with E-state index in [0.29, 0.717) is 13.0 Å². The number of amides is 1. The summed E-state index contributed by atoms with van der Waals surface area (Å²) in [5, 5.41) is 9.40. The molecule has 1 heterocycles. The number of aliphatic hydroxyl groups is 1. The van der Waals surface area contributed by atoms with Gasteiger partial charge in [-0.15, -0.1) is 0 Å². The Balaban J connectivity index is 2.33. The van der Waals surface area contributed by atoms with Crippen molar-refractivity contribution in [3.8, 4) is 0 Å². The number of anilines is 1. The normalized spacial score (nSPS) is 21.1. The molecule has 1 aromatic carbocycles. The number of aryl methyl sites for hydroxylation is 1. The lowest BCUT2D eigenvalue weighted by atomic mass is 10.1. The third-order valence-electron chi connectivity index (χ3n) is 2.84. The highest BCUT2D eigenvalue weighted by Crippen LogP contribution is 2.25. The van der Waals surface area contributed by atoms with Crippen LogP contribution in [-0.4, -0.2) is 23.7 Å². The molecule has 0 aromatic heterocycles. The van der Waals surface area contributed by atoms with Crippen LogP contribution in [0, 0.1) is 0 Å². The molecule has 1 aromatic rings. The van der Waals surface area contributed by atoms with Gasteiger partial charge in [-0.05, 0) is 18.1 Å². The van der Waals surface area contributed by atoms with Gasteiger partial charge in [0.15, 0.2) is 0 Å². The van der Waals surface area contributed by atoms with Gasteiger partial charge in [0.05, 0.1) is 0 Å². The first-order valence-corrected chi connectivity index (χ1v) is 5.31. The van der Waals surface area contributed by atoms with Crippen LogP contribution < -0.4 is 4.90 Å². The highest BCUT2D eigenvalue weighted by atomic mass is 16.3. The molecule has 0 aliphatic carbocycles. The van der Waals surface area contributed by atoms with Crippen molar-refractivity contribution in [2.24, 2.45) is 0 Å². The average Bonchev–Trinajstić information content (AvgIpc) is 2.60. The number of aliphatic hydroxyl groups excluding tert-OH is 1. The standard InChI is InChI=1S/C12H15NO2/c1-2-9-5-3-4-6-10(9)13-8-7-11(14)12(13)15/h3-6,11,14H,2,7-8H2,1H3. The maximum atomic E-state index is 11.6. The van der Waals surface area contributed by atoms with Crippen LogP contribution in [0.4, 0.5) is 5.69 Å². The van der Waals surface area contributed by atoms with Crippen LogP contribution in [0.1, 0.15) is 18.9 Å². The van der Waals surface area contributed by atoms with Crippen molar-refractivity contribution in [1.82, 2.24) is 0 Å². The summed E-state index contributed by atoms with van der Waals surface area (Å²) >= 11 is 0. The molecular weight excluding hydrogens is 190 g/mol. The van der Waals surface area contributed by atoms with Crippen molar-refractivity contribution in [3.63, 3.8) is 0 Å². The van der Waals surface area contributed by atoms with E-state index in [1.54, 1.807) is 4.90 Å². The van der Waals surface area contributed by atoms with Crippen LogP contribution in [0.2, 0.25) is 0 Å². The quantitative estimate of drug-likeness (QED) is 0.791. The molecule has 2 rings (SSSR count). The molecule has 1 saturated heterocycles. The molecule has 0 spiro atoms. The SMILES string of the molecule is CCc1ccccc1N1CCC(O)C1=O. The molecule has 1 aliphatic rings. The number of carbonyl (C=O) groups excluding carboxylic acids is 1. The Hall–Kier alpha value is -1.35. The Bertz CT molecular complexity index is 376. The smallest absolute Gasteiger partial charge is 0.255 e. The summed E-state index contributed by atoms with van der Waals surface area (Å²) in [6.45, 7) is 2.69. The van der Waals surface area contributed by atoms with E-state index < -0.39 is 6.10 Å². The van der Waals surface area contributed by atoms with E-state index in [1.807, 2.05) is 24.3 Å². The second kappa shape index (κ2) is 4.03. The molecule has 0 saturated carbocycles. The molecule has 1 amide bonds. The summed E-state index contributed by atoms with van der Waals surface area (Å²) in [7, 11) is 0. The first-order chi connectivity index (χ1) is 7.24. The van der Waals surface area contributed by atoms with Gasteiger partial charge in [-0.2, -0.15) is 0 Å². The fourth-order valence-corrected chi connectivity index (χ4v) is 1.98. The van der Waals surface area contributed by atoms with E-state index in [4.69, 9.17) is 0 Å². The summed E-state index contributed by atoms with van der Waals surface area (Å²) in [6.07, 6.45) is 0.627. The lowest BCUT2D eigenvalue weighted by Crippen LogP contribution is -2.29. The Morgan fingerprint density at radius 3 is 2.80 bits per heavy atom. The van der Waals surface area contributed by atoms with Crippen LogP contribution >= 0.6 is 0 Å². The number of carbonyl (C=O) groups is 1. The van der Waals surface area contributed by atoms with Crippen molar-refractivity contribution >= 4 is 11.6 Å². The number of para-hydroxylation sites is 1. The maximum absolute atomic E-state index is 11.6. The van der Waals surface area contributed by atoms with Gasteiger partial charge in [0.2, 0.25) is 0 Å². The molecule has 3 heteroatoms. The van der Waals surface area contributed by atoms with Gasteiger partial charge < -0.3 is 10.0 Å². The molecule has 1 aliphatic heterocycles. The van der Waals surface area contributed by atoms with Gasteiger partial charge in [-0.3, -0.25) is 4.79 Å². The number of nitrogens with zero attached hydrogens (tertiary/aromatic N) is 1. The average molecular weight is 205 g/mol. The van der Waals surface area contributed by atoms with Crippen LogP contribution in [0.3, 0.4) is 0 Å². The van der Waals surface area contributed by atoms with Crippen molar-refractivity contribution < 1.29 is 9.90 Å². The monoisotopic (exact) mass is 205 g/mol. The third kappa shape index (κ3) is 1.75. The third-order valence-corrected chi connectivity index (χ3v) is 2.84. The van der Waals surface area contributed by atoms with E-state index in [9.17, 15) is 9.90 Å². The van der Waals surface area contributed by atoms with Gasteiger partial charge in [-0.25, -0.2) is 0 Å². The molecule has 80 valence electrons. The lowest BCUT2D eigenvalue weighted by Gasteiger charge is -2.19. The van der Waals surface area contributed by atoms with Gasteiger partial charge in [0.1, 0.15) is 6.10 Å². The number of benzene rings is 1. The minimum Gasteiger partial charge on any atom is -0.383 e. The fourth-order valence-electron chi connectivity index (χ4n) is 1.98. The summed E-state index contributed by atoms with van der Waals surface area (Å²) < 4.78 is 0. The Morgan fingerprint density at radius 1 is 1.47 bits per heavy atom. The molecule has 1 fully saturated rings. The van der Waals surface area contributed by atoms with Crippen molar-refractivity contribution in [1.29, 1.82) is 0 Å². The fraction of sp³-hybridized carbons (Fsp3) is 0.417. The number of rotatable bonds is 2. The van der Waals surface area contributed by atoms with Crippen molar-refractivity contribution in [3.05, 3.63) is 29.8 Å². The van der Waals surface area contributed by atoms with E-state index in [-0.39, 0.29) is 5.91 Å². The molecule has 0 bridgehead atoms. The maximum Gasteiger partial charge on any atom is 0.255 e. The van der Waals surface area contributed by atoms with Crippen LogP contribution in [-0.2, 0) is 11.2 Å². The summed E-state index contributed by atoms with van der Waals surface area (Å²) in [6, 6.07) is 7.86.